The van der Waals surface area contributed by atoms with E-state index in [1.165, 1.54) is 82.2 Å². The Morgan fingerprint density at radius 3 is 1.51 bits per heavy atom. The molecule has 0 unspecified atom stereocenters. The minimum atomic E-state index is 0.906. The molecule has 1 heterocycles. The van der Waals surface area contributed by atoms with Crippen LogP contribution in [0.15, 0.2) is 186 Å². The van der Waals surface area contributed by atoms with Crippen LogP contribution in [-0.2, 0) is 0 Å². The van der Waals surface area contributed by atoms with E-state index in [0.717, 1.165) is 16.6 Å². The Morgan fingerprint density at radius 2 is 0.837 bits per heavy atom. The largest absolute Gasteiger partial charge is 0.456 e. The van der Waals surface area contributed by atoms with Crippen LogP contribution in [0.1, 0.15) is 0 Å². The summed E-state index contributed by atoms with van der Waals surface area (Å²) in [5.41, 5.74) is 11.6. The molecule has 0 aliphatic heterocycles. The standard InChI is InChI=1S/C48H30O/c1-3-14-31(15-4-1)34-26-28-35(32-16-5-2-6-17-32)42(30-34)46-39-22-11-9-20-37(39)45(38-21-10-12-23-40(38)46)41-24-13-25-43-48(41)47-36-19-8-7-18-33(36)27-29-44(47)49-43/h1-30H. The Balaban J connectivity index is 1.35. The molecule has 0 atom stereocenters. The van der Waals surface area contributed by atoms with E-state index in [-0.39, 0.29) is 0 Å². The Hall–Kier alpha value is -6.44. The molecule has 0 radical (unpaired) electrons. The highest BCUT2D eigenvalue weighted by atomic mass is 16.3. The van der Waals surface area contributed by atoms with Crippen LogP contribution in [0.3, 0.4) is 0 Å². The Labute approximate surface area is 284 Å². The van der Waals surface area contributed by atoms with E-state index in [0.29, 0.717) is 0 Å². The number of benzene rings is 9. The molecule has 10 aromatic rings. The highest BCUT2D eigenvalue weighted by molar-refractivity contribution is 6.29. The Kier molecular flexibility index (Phi) is 6.25. The smallest absolute Gasteiger partial charge is 0.136 e. The Bertz CT molecular complexity index is 2800. The number of furan rings is 1. The van der Waals surface area contributed by atoms with Crippen molar-refractivity contribution in [3.8, 4) is 44.5 Å². The van der Waals surface area contributed by atoms with Crippen molar-refractivity contribution >= 4 is 54.3 Å². The predicted octanol–water partition coefficient (Wildman–Crippen LogP) is 13.7. The van der Waals surface area contributed by atoms with Gasteiger partial charge in [-0.15, -0.1) is 0 Å². The van der Waals surface area contributed by atoms with Gasteiger partial charge in [-0.25, -0.2) is 0 Å². The summed E-state index contributed by atoms with van der Waals surface area (Å²) in [6, 6.07) is 65.7. The van der Waals surface area contributed by atoms with Crippen LogP contribution < -0.4 is 0 Å². The summed E-state index contributed by atoms with van der Waals surface area (Å²) in [6.07, 6.45) is 0. The van der Waals surface area contributed by atoms with Crippen molar-refractivity contribution in [2.24, 2.45) is 0 Å². The average Bonchev–Trinajstić information content (AvgIpc) is 3.57. The lowest BCUT2D eigenvalue weighted by molar-refractivity contribution is 0.669. The molecule has 1 aromatic heterocycles. The zero-order chi connectivity index (χ0) is 32.3. The van der Waals surface area contributed by atoms with Gasteiger partial charge in [0.1, 0.15) is 11.2 Å². The maximum atomic E-state index is 6.56. The van der Waals surface area contributed by atoms with Crippen LogP contribution in [0.5, 0.6) is 0 Å². The van der Waals surface area contributed by atoms with Crippen LogP contribution in [0.25, 0.3) is 98.8 Å². The van der Waals surface area contributed by atoms with E-state index in [1.54, 1.807) is 0 Å². The molecule has 0 N–H and O–H groups in total. The van der Waals surface area contributed by atoms with Crippen molar-refractivity contribution < 1.29 is 4.42 Å². The lowest BCUT2D eigenvalue weighted by Crippen LogP contribution is -1.94. The molecule has 228 valence electrons. The monoisotopic (exact) mass is 622 g/mol. The number of hydrogen-bond donors (Lipinski definition) is 0. The van der Waals surface area contributed by atoms with Gasteiger partial charge in [-0.1, -0.05) is 164 Å². The van der Waals surface area contributed by atoms with E-state index < -0.39 is 0 Å². The van der Waals surface area contributed by atoms with E-state index >= 15 is 0 Å². The molecule has 0 aliphatic carbocycles. The normalized spacial score (nSPS) is 11.7. The van der Waals surface area contributed by atoms with Crippen LogP contribution in [0.2, 0.25) is 0 Å². The fourth-order valence-electron chi connectivity index (χ4n) is 7.93. The molecule has 9 aromatic carbocycles. The van der Waals surface area contributed by atoms with Crippen molar-refractivity contribution in [3.63, 3.8) is 0 Å². The molecule has 49 heavy (non-hydrogen) atoms. The molecule has 0 amide bonds. The highest BCUT2D eigenvalue weighted by Gasteiger charge is 2.22. The quantitative estimate of drug-likeness (QED) is 0.178. The van der Waals surface area contributed by atoms with Gasteiger partial charge in [0.25, 0.3) is 0 Å². The number of fused-ring (bicyclic) bond motifs is 7. The lowest BCUT2D eigenvalue weighted by Gasteiger charge is -2.21. The summed E-state index contributed by atoms with van der Waals surface area (Å²) in [6.45, 7) is 0. The third-order valence-corrected chi connectivity index (χ3v) is 10.1. The van der Waals surface area contributed by atoms with Gasteiger partial charge in [-0.3, -0.25) is 0 Å². The topological polar surface area (TPSA) is 13.1 Å². The molecule has 0 bridgehead atoms. The lowest BCUT2D eigenvalue weighted by atomic mass is 9.82. The van der Waals surface area contributed by atoms with Crippen molar-refractivity contribution in [2.75, 3.05) is 0 Å². The molecule has 1 nitrogen and oxygen atoms in total. The zero-order valence-corrected chi connectivity index (χ0v) is 26.7. The number of hydrogen-bond acceptors (Lipinski definition) is 1. The van der Waals surface area contributed by atoms with Gasteiger partial charge in [0, 0.05) is 10.8 Å². The van der Waals surface area contributed by atoms with Gasteiger partial charge in [0.15, 0.2) is 0 Å². The third kappa shape index (κ3) is 4.33. The van der Waals surface area contributed by atoms with E-state index in [2.05, 4.69) is 182 Å². The van der Waals surface area contributed by atoms with Crippen molar-refractivity contribution in [3.05, 3.63) is 182 Å². The maximum absolute atomic E-state index is 6.56. The second-order valence-corrected chi connectivity index (χ2v) is 12.8. The van der Waals surface area contributed by atoms with Gasteiger partial charge in [0.05, 0.1) is 0 Å². The molecule has 0 saturated heterocycles. The SMILES string of the molecule is c1ccc(-c2ccc(-c3ccccc3)c(-c3c4ccccc4c(-c4cccc5oc6ccc7ccccc7c6c45)c4ccccc34)c2)cc1. The van der Waals surface area contributed by atoms with Gasteiger partial charge >= 0.3 is 0 Å². The summed E-state index contributed by atoms with van der Waals surface area (Å²) < 4.78 is 6.56. The van der Waals surface area contributed by atoms with Crippen LogP contribution in [-0.4, -0.2) is 0 Å². The fourth-order valence-corrected chi connectivity index (χ4v) is 7.93. The molecule has 0 saturated carbocycles. The van der Waals surface area contributed by atoms with E-state index in [9.17, 15) is 0 Å². The Morgan fingerprint density at radius 1 is 0.286 bits per heavy atom. The van der Waals surface area contributed by atoms with Gasteiger partial charge in [-0.05, 0) is 95.0 Å². The van der Waals surface area contributed by atoms with Crippen LogP contribution >= 0.6 is 0 Å². The molecule has 0 spiro atoms. The first kappa shape index (κ1) is 27.7. The van der Waals surface area contributed by atoms with Gasteiger partial charge in [0.2, 0.25) is 0 Å². The first-order valence-electron chi connectivity index (χ1n) is 16.9. The van der Waals surface area contributed by atoms with Crippen LogP contribution in [0, 0.1) is 0 Å². The minimum Gasteiger partial charge on any atom is -0.456 e. The third-order valence-electron chi connectivity index (χ3n) is 10.1. The molecule has 1 heteroatoms. The second-order valence-electron chi connectivity index (χ2n) is 12.8. The average molecular weight is 623 g/mol. The van der Waals surface area contributed by atoms with E-state index in [4.69, 9.17) is 4.42 Å². The van der Waals surface area contributed by atoms with Gasteiger partial charge < -0.3 is 4.42 Å². The summed E-state index contributed by atoms with van der Waals surface area (Å²) in [7, 11) is 0. The summed E-state index contributed by atoms with van der Waals surface area (Å²) in [4.78, 5) is 0. The number of rotatable bonds is 4. The first-order valence-corrected chi connectivity index (χ1v) is 16.9. The second kappa shape index (κ2) is 11.1. The molecular weight excluding hydrogens is 593 g/mol. The summed E-state index contributed by atoms with van der Waals surface area (Å²) in [5, 5.41) is 9.66. The summed E-state index contributed by atoms with van der Waals surface area (Å²) >= 11 is 0. The molecule has 10 rings (SSSR count). The summed E-state index contributed by atoms with van der Waals surface area (Å²) in [5.74, 6) is 0. The van der Waals surface area contributed by atoms with Crippen LogP contribution in [0.4, 0.5) is 0 Å². The highest BCUT2D eigenvalue weighted by Crippen LogP contribution is 2.49. The molecule has 0 fully saturated rings. The van der Waals surface area contributed by atoms with Crippen molar-refractivity contribution in [2.45, 2.75) is 0 Å². The molecule has 0 aliphatic rings. The molecular formula is C48H30O. The maximum Gasteiger partial charge on any atom is 0.136 e. The van der Waals surface area contributed by atoms with Crippen molar-refractivity contribution in [1.29, 1.82) is 0 Å². The first-order chi connectivity index (χ1) is 24.3. The van der Waals surface area contributed by atoms with E-state index in [1.807, 2.05) is 0 Å². The van der Waals surface area contributed by atoms with Gasteiger partial charge in [-0.2, -0.15) is 0 Å². The van der Waals surface area contributed by atoms with Crippen molar-refractivity contribution in [1.82, 2.24) is 0 Å². The fraction of sp³-hybridized carbons (Fsp3) is 0. The predicted molar refractivity (Wildman–Crippen MR) is 208 cm³/mol. The minimum absolute atomic E-state index is 0.906. The zero-order valence-electron chi connectivity index (χ0n) is 26.7.